The molecule has 6 heteroatoms. The van der Waals surface area contributed by atoms with Crippen molar-refractivity contribution in [1.29, 1.82) is 0 Å². The number of nitrogens with two attached hydrogens (primary N) is 1. The van der Waals surface area contributed by atoms with Crippen LogP contribution < -0.4 is 11.1 Å². The van der Waals surface area contributed by atoms with E-state index >= 15 is 0 Å². The Morgan fingerprint density at radius 1 is 1.33 bits per heavy atom. The van der Waals surface area contributed by atoms with Gasteiger partial charge in [-0.15, -0.1) is 23.5 Å². The van der Waals surface area contributed by atoms with Crippen LogP contribution in [0, 0.1) is 5.92 Å². The molecule has 0 heterocycles. The molecular weight excluding hydrogens is 248 g/mol. The van der Waals surface area contributed by atoms with Gasteiger partial charge in [-0.1, -0.05) is 13.8 Å². The molecule has 1 amide bonds. The standard InChI is InChI=1S/C9H16N2OS3/c1-5(2)6(8(14-3)15-4)7(12)11-9(10)13/h5H,1-4H3,(H3,10,11,12,13). The van der Waals surface area contributed by atoms with Crippen LogP contribution in [0.2, 0.25) is 0 Å². The molecule has 0 bridgehead atoms. The lowest BCUT2D eigenvalue weighted by molar-refractivity contribution is -0.116. The van der Waals surface area contributed by atoms with Gasteiger partial charge in [-0.3, -0.25) is 10.1 Å². The van der Waals surface area contributed by atoms with E-state index in [0.717, 1.165) is 9.81 Å². The number of carbonyl (C=O) groups is 1. The minimum absolute atomic E-state index is 0.0136. The van der Waals surface area contributed by atoms with E-state index in [1.807, 2.05) is 26.4 Å². The van der Waals surface area contributed by atoms with Crippen LogP contribution in [0.5, 0.6) is 0 Å². The van der Waals surface area contributed by atoms with Gasteiger partial charge in [-0.05, 0) is 30.6 Å². The summed E-state index contributed by atoms with van der Waals surface area (Å²) >= 11 is 7.77. The van der Waals surface area contributed by atoms with E-state index in [2.05, 4.69) is 17.5 Å². The van der Waals surface area contributed by atoms with Crippen molar-refractivity contribution in [2.45, 2.75) is 13.8 Å². The molecule has 86 valence electrons. The summed E-state index contributed by atoms with van der Waals surface area (Å²) in [6.07, 6.45) is 3.89. The van der Waals surface area contributed by atoms with Gasteiger partial charge in [0, 0.05) is 9.81 Å². The number of thioether (sulfide) groups is 2. The van der Waals surface area contributed by atoms with Gasteiger partial charge in [0.2, 0.25) is 0 Å². The highest BCUT2D eigenvalue weighted by Gasteiger charge is 2.18. The van der Waals surface area contributed by atoms with Crippen molar-refractivity contribution >= 4 is 46.8 Å². The Balaban J connectivity index is 5.04. The molecule has 0 saturated carbocycles. The van der Waals surface area contributed by atoms with Crippen LogP contribution in [-0.2, 0) is 4.79 Å². The predicted molar refractivity (Wildman–Crippen MR) is 73.8 cm³/mol. The van der Waals surface area contributed by atoms with E-state index in [1.54, 1.807) is 23.5 Å². The third-order valence-electron chi connectivity index (χ3n) is 1.65. The summed E-state index contributed by atoms with van der Waals surface area (Å²) in [5, 5.41) is 2.47. The molecule has 0 atom stereocenters. The van der Waals surface area contributed by atoms with E-state index < -0.39 is 0 Å². The average Bonchev–Trinajstić information content (AvgIpc) is 2.11. The van der Waals surface area contributed by atoms with Crippen LogP contribution in [0.25, 0.3) is 0 Å². The van der Waals surface area contributed by atoms with Crippen LogP contribution >= 0.6 is 35.7 Å². The summed E-state index contributed by atoms with van der Waals surface area (Å²) in [5.41, 5.74) is 6.02. The van der Waals surface area contributed by atoms with E-state index in [9.17, 15) is 4.79 Å². The zero-order valence-corrected chi connectivity index (χ0v) is 11.7. The fourth-order valence-electron chi connectivity index (χ4n) is 1.07. The van der Waals surface area contributed by atoms with Crippen molar-refractivity contribution in [3.63, 3.8) is 0 Å². The third kappa shape index (κ3) is 4.90. The topological polar surface area (TPSA) is 55.1 Å². The van der Waals surface area contributed by atoms with Crippen molar-refractivity contribution in [3.05, 3.63) is 9.81 Å². The summed E-state index contributed by atoms with van der Waals surface area (Å²) < 4.78 is 0.999. The third-order valence-corrected chi connectivity index (χ3v) is 3.93. The first-order valence-electron chi connectivity index (χ1n) is 4.37. The fraction of sp³-hybridized carbons (Fsp3) is 0.556. The molecule has 0 aliphatic carbocycles. The average molecular weight is 264 g/mol. The van der Waals surface area contributed by atoms with Gasteiger partial charge >= 0.3 is 0 Å². The Hall–Kier alpha value is -0.200. The summed E-state index contributed by atoms with van der Waals surface area (Å²) in [5.74, 6) is -0.0505. The molecule has 0 aromatic carbocycles. The van der Waals surface area contributed by atoms with Crippen LogP contribution in [0.15, 0.2) is 9.81 Å². The summed E-state index contributed by atoms with van der Waals surface area (Å²) in [6.45, 7) is 3.95. The number of carbonyl (C=O) groups excluding carboxylic acids is 1. The maximum absolute atomic E-state index is 11.8. The second-order valence-corrected chi connectivity index (χ2v) is 5.41. The molecule has 0 unspecified atom stereocenters. The lowest BCUT2D eigenvalue weighted by atomic mass is 10.1. The zero-order chi connectivity index (χ0) is 12.0. The Kier molecular flexibility index (Phi) is 7.04. The molecule has 0 radical (unpaired) electrons. The van der Waals surface area contributed by atoms with Crippen LogP contribution in [0.4, 0.5) is 0 Å². The smallest absolute Gasteiger partial charge is 0.255 e. The number of hydrogen-bond acceptors (Lipinski definition) is 4. The van der Waals surface area contributed by atoms with E-state index in [1.165, 1.54) is 0 Å². The van der Waals surface area contributed by atoms with E-state index in [-0.39, 0.29) is 16.9 Å². The van der Waals surface area contributed by atoms with Gasteiger partial charge in [0.15, 0.2) is 5.11 Å². The lowest BCUT2D eigenvalue weighted by Gasteiger charge is -2.14. The Bertz CT molecular complexity index is 281. The van der Waals surface area contributed by atoms with Gasteiger partial charge in [0.1, 0.15) is 0 Å². The number of rotatable bonds is 4. The number of nitrogens with one attached hydrogen (secondary N) is 1. The van der Waals surface area contributed by atoms with Gasteiger partial charge in [0.25, 0.3) is 5.91 Å². The molecule has 15 heavy (non-hydrogen) atoms. The quantitative estimate of drug-likeness (QED) is 0.600. The molecular formula is C9H16N2OS3. The second kappa shape index (κ2) is 7.14. The van der Waals surface area contributed by atoms with Gasteiger partial charge in [-0.2, -0.15) is 0 Å². The number of hydrogen-bond donors (Lipinski definition) is 2. The van der Waals surface area contributed by atoms with Crippen molar-refractivity contribution in [2.75, 3.05) is 12.5 Å². The Morgan fingerprint density at radius 3 is 2.07 bits per heavy atom. The molecule has 0 spiro atoms. The number of thiocarbonyl (C=S) groups is 1. The van der Waals surface area contributed by atoms with Crippen LogP contribution in [-0.4, -0.2) is 23.5 Å². The molecule has 0 rings (SSSR count). The Labute approximate surface area is 105 Å². The molecule has 0 aromatic rings. The van der Waals surface area contributed by atoms with Gasteiger partial charge in [-0.25, -0.2) is 0 Å². The summed E-state index contributed by atoms with van der Waals surface area (Å²) in [6, 6.07) is 0. The Morgan fingerprint density at radius 2 is 1.80 bits per heavy atom. The van der Waals surface area contributed by atoms with Crippen molar-refractivity contribution in [2.24, 2.45) is 11.7 Å². The van der Waals surface area contributed by atoms with E-state index in [4.69, 9.17) is 5.73 Å². The molecule has 0 aliphatic heterocycles. The predicted octanol–water partition coefficient (Wildman–Crippen LogP) is 1.94. The highest BCUT2D eigenvalue weighted by Crippen LogP contribution is 2.31. The summed E-state index contributed by atoms with van der Waals surface area (Å²) in [7, 11) is 0. The SMILES string of the molecule is CSC(SC)=C(C(=O)NC(N)=S)C(C)C. The molecule has 3 N–H and O–H groups in total. The van der Waals surface area contributed by atoms with Crippen LogP contribution in [0.3, 0.4) is 0 Å². The second-order valence-electron chi connectivity index (χ2n) is 3.08. The molecule has 0 aromatic heterocycles. The zero-order valence-electron chi connectivity index (χ0n) is 9.29. The van der Waals surface area contributed by atoms with Crippen LogP contribution in [0.1, 0.15) is 13.8 Å². The highest BCUT2D eigenvalue weighted by atomic mass is 32.2. The highest BCUT2D eigenvalue weighted by molar-refractivity contribution is 8.21. The minimum atomic E-state index is -0.198. The van der Waals surface area contributed by atoms with Crippen molar-refractivity contribution in [3.8, 4) is 0 Å². The molecule has 0 aliphatic rings. The van der Waals surface area contributed by atoms with Crippen molar-refractivity contribution in [1.82, 2.24) is 5.32 Å². The van der Waals surface area contributed by atoms with E-state index in [0.29, 0.717) is 0 Å². The molecule has 0 fully saturated rings. The molecule has 0 saturated heterocycles. The number of amides is 1. The molecule has 3 nitrogen and oxygen atoms in total. The normalized spacial score (nSPS) is 9.93. The van der Waals surface area contributed by atoms with Crippen molar-refractivity contribution < 1.29 is 4.79 Å². The van der Waals surface area contributed by atoms with Gasteiger partial charge < -0.3 is 5.73 Å². The van der Waals surface area contributed by atoms with Gasteiger partial charge in [0.05, 0.1) is 0 Å². The first-order valence-corrected chi connectivity index (χ1v) is 7.22. The monoisotopic (exact) mass is 264 g/mol. The largest absolute Gasteiger partial charge is 0.376 e. The maximum Gasteiger partial charge on any atom is 0.255 e. The maximum atomic E-state index is 11.8. The summed E-state index contributed by atoms with van der Waals surface area (Å²) in [4.78, 5) is 11.8. The fourth-order valence-corrected chi connectivity index (χ4v) is 2.93. The minimum Gasteiger partial charge on any atom is -0.376 e. The lowest BCUT2D eigenvalue weighted by Crippen LogP contribution is -2.37. The first-order chi connectivity index (χ1) is 6.93. The first kappa shape index (κ1) is 14.8.